The van der Waals surface area contributed by atoms with E-state index in [0.29, 0.717) is 0 Å². The monoisotopic (exact) mass is 265 g/mol. The first-order valence-corrected chi connectivity index (χ1v) is 7.33. The van der Waals surface area contributed by atoms with Crippen LogP contribution in [-0.2, 0) is 12.1 Å². The molecule has 2 N–H and O–H groups in total. The Morgan fingerprint density at radius 3 is 2.84 bits per heavy atom. The molecule has 1 fully saturated rings. The minimum Gasteiger partial charge on any atom is -0.330 e. The van der Waals surface area contributed by atoms with E-state index in [0.717, 1.165) is 37.7 Å². The summed E-state index contributed by atoms with van der Waals surface area (Å²) in [6.45, 7) is 10.5. The number of piperidine rings is 1. The van der Waals surface area contributed by atoms with Crippen LogP contribution in [0, 0.1) is 5.92 Å². The molecule has 108 valence electrons. The quantitative estimate of drug-likeness (QED) is 0.898. The predicted molar refractivity (Wildman–Crippen MR) is 76.7 cm³/mol. The highest BCUT2D eigenvalue weighted by Gasteiger charge is 2.21. The molecule has 0 spiro atoms. The average molecular weight is 265 g/mol. The van der Waals surface area contributed by atoms with Gasteiger partial charge in [0.2, 0.25) is 0 Å². The second kappa shape index (κ2) is 6.01. The first-order valence-electron chi connectivity index (χ1n) is 7.33. The van der Waals surface area contributed by atoms with Gasteiger partial charge in [0.1, 0.15) is 0 Å². The summed E-state index contributed by atoms with van der Waals surface area (Å²) in [4.78, 5) is 2.49. The van der Waals surface area contributed by atoms with E-state index in [4.69, 9.17) is 5.73 Å². The number of rotatable bonds is 4. The van der Waals surface area contributed by atoms with Crippen molar-refractivity contribution < 1.29 is 0 Å². The fraction of sp³-hybridized carbons (Fsp3) is 0.857. The van der Waals surface area contributed by atoms with E-state index in [9.17, 15) is 0 Å². The number of nitrogens with zero attached hydrogens (tertiary/aromatic N) is 4. The number of likely N-dealkylation sites (tertiary alicyclic amines) is 1. The van der Waals surface area contributed by atoms with Crippen LogP contribution in [0.1, 0.15) is 45.7 Å². The van der Waals surface area contributed by atoms with Crippen LogP contribution in [0.15, 0.2) is 6.20 Å². The van der Waals surface area contributed by atoms with Crippen molar-refractivity contribution in [2.24, 2.45) is 11.7 Å². The van der Waals surface area contributed by atoms with Gasteiger partial charge in [-0.2, -0.15) is 0 Å². The van der Waals surface area contributed by atoms with Gasteiger partial charge in [0.25, 0.3) is 0 Å². The summed E-state index contributed by atoms with van der Waals surface area (Å²) in [5.41, 5.74) is 6.75. The third-order valence-corrected chi connectivity index (χ3v) is 3.79. The molecule has 1 aliphatic rings. The maximum absolute atomic E-state index is 5.66. The fourth-order valence-corrected chi connectivity index (χ4v) is 2.69. The van der Waals surface area contributed by atoms with E-state index in [2.05, 4.69) is 42.2 Å². The van der Waals surface area contributed by atoms with Gasteiger partial charge in [-0.05, 0) is 59.0 Å². The molecular weight excluding hydrogens is 238 g/mol. The normalized spacial score (nSPS) is 21.8. The number of hydrogen-bond donors (Lipinski definition) is 1. The zero-order chi connectivity index (χ0) is 13.9. The molecule has 2 rings (SSSR count). The summed E-state index contributed by atoms with van der Waals surface area (Å²) in [5, 5.41) is 8.52. The third-order valence-electron chi connectivity index (χ3n) is 3.79. The largest absolute Gasteiger partial charge is 0.330 e. The predicted octanol–water partition coefficient (Wildman–Crippen LogP) is 1.59. The molecule has 1 aromatic rings. The van der Waals surface area contributed by atoms with Crippen LogP contribution >= 0.6 is 0 Å². The highest BCUT2D eigenvalue weighted by atomic mass is 15.4. The zero-order valence-electron chi connectivity index (χ0n) is 12.5. The molecule has 5 heteroatoms. The van der Waals surface area contributed by atoms with Gasteiger partial charge in [0, 0.05) is 13.1 Å². The summed E-state index contributed by atoms with van der Waals surface area (Å²) < 4.78 is 1.95. The molecule has 1 aromatic heterocycles. The lowest BCUT2D eigenvalue weighted by atomic mass is 9.95. The summed E-state index contributed by atoms with van der Waals surface area (Å²) >= 11 is 0. The zero-order valence-corrected chi connectivity index (χ0v) is 12.5. The van der Waals surface area contributed by atoms with Gasteiger partial charge in [-0.3, -0.25) is 4.90 Å². The van der Waals surface area contributed by atoms with Crippen LogP contribution in [0.4, 0.5) is 0 Å². The van der Waals surface area contributed by atoms with E-state index in [-0.39, 0.29) is 5.54 Å². The molecule has 0 radical (unpaired) electrons. The van der Waals surface area contributed by atoms with Crippen LogP contribution < -0.4 is 5.73 Å². The topological polar surface area (TPSA) is 60.0 Å². The van der Waals surface area contributed by atoms with Crippen molar-refractivity contribution in [2.45, 2.75) is 52.1 Å². The number of aromatic nitrogens is 3. The molecule has 0 amide bonds. The smallest absolute Gasteiger partial charge is 0.0967 e. The van der Waals surface area contributed by atoms with E-state index in [1.165, 1.54) is 19.4 Å². The molecule has 0 saturated carbocycles. The van der Waals surface area contributed by atoms with Gasteiger partial charge in [0.05, 0.1) is 17.4 Å². The van der Waals surface area contributed by atoms with Gasteiger partial charge in [-0.1, -0.05) is 5.21 Å². The lowest BCUT2D eigenvalue weighted by Crippen LogP contribution is -2.35. The van der Waals surface area contributed by atoms with Crippen molar-refractivity contribution in [1.82, 2.24) is 19.9 Å². The molecule has 19 heavy (non-hydrogen) atoms. The minimum absolute atomic E-state index is 0.00916. The van der Waals surface area contributed by atoms with E-state index < -0.39 is 0 Å². The van der Waals surface area contributed by atoms with Crippen LogP contribution in [0.25, 0.3) is 0 Å². The number of hydrogen-bond acceptors (Lipinski definition) is 4. The van der Waals surface area contributed by atoms with Crippen LogP contribution in [0.5, 0.6) is 0 Å². The Morgan fingerprint density at radius 2 is 2.21 bits per heavy atom. The Hall–Kier alpha value is -0.940. The Kier molecular flexibility index (Phi) is 4.58. The maximum atomic E-state index is 5.66. The van der Waals surface area contributed by atoms with Crippen molar-refractivity contribution in [1.29, 1.82) is 0 Å². The van der Waals surface area contributed by atoms with Crippen LogP contribution in [-0.4, -0.2) is 39.5 Å². The van der Waals surface area contributed by atoms with Crippen LogP contribution in [0.2, 0.25) is 0 Å². The molecule has 1 unspecified atom stereocenters. The Morgan fingerprint density at radius 1 is 1.42 bits per heavy atom. The molecule has 1 aliphatic heterocycles. The third kappa shape index (κ3) is 4.01. The van der Waals surface area contributed by atoms with Gasteiger partial charge < -0.3 is 5.73 Å². The summed E-state index contributed by atoms with van der Waals surface area (Å²) in [5.74, 6) is 0.761. The average Bonchev–Trinajstić information content (AvgIpc) is 2.78. The van der Waals surface area contributed by atoms with Crippen molar-refractivity contribution in [3.8, 4) is 0 Å². The van der Waals surface area contributed by atoms with Gasteiger partial charge in [0.15, 0.2) is 0 Å². The maximum Gasteiger partial charge on any atom is 0.0967 e. The molecule has 5 nitrogen and oxygen atoms in total. The van der Waals surface area contributed by atoms with Crippen molar-refractivity contribution >= 4 is 0 Å². The molecule has 2 heterocycles. The minimum atomic E-state index is 0.00916. The Bertz CT molecular complexity index is 391. The highest BCUT2D eigenvalue weighted by Crippen LogP contribution is 2.20. The SMILES string of the molecule is CC(C)(C)n1cc(CN2CCCC(CCN)C2)nn1. The standard InChI is InChI=1S/C14H27N5/c1-14(2,3)19-11-13(16-17-19)10-18-8-4-5-12(9-18)6-7-15/h11-12H,4-10,15H2,1-3H3. The van der Waals surface area contributed by atoms with E-state index >= 15 is 0 Å². The fourth-order valence-electron chi connectivity index (χ4n) is 2.69. The summed E-state index contributed by atoms with van der Waals surface area (Å²) in [7, 11) is 0. The Balaban J connectivity index is 1.92. The van der Waals surface area contributed by atoms with Gasteiger partial charge in [-0.15, -0.1) is 5.10 Å². The van der Waals surface area contributed by atoms with Crippen molar-refractivity contribution in [3.63, 3.8) is 0 Å². The van der Waals surface area contributed by atoms with Crippen molar-refractivity contribution in [2.75, 3.05) is 19.6 Å². The van der Waals surface area contributed by atoms with E-state index in [1.807, 2.05) is 4.68 Å². The molecule has 0 aromatic carbocycles. The van der Waals surface area contributed by atoms with Crippen LogP contribution in [0.3, 0.4) is 0 Å². The molecule has 0 bridgehead atoms. The number of nitrogens with two attached hydrogens (primary N) is 1. The Labute approximate surface area is 116 Å². The van der Waals surface area contributed by atoms with Gasteiger partial charge >= 0.3 is 0 Å². The molecule has 1 saturated heterocycles. The lowest BCUT2D eigenvalue weighted by Gasteiger charge is -2.31. The van der Waals surface area contributed by atoms with Gasteiger partial charge in [-0.25, -0.2) is 4.68 Å². The first-order chi connectivity index (χ1) is 8.99. The summed E-state index contributed by atoms with van der Waals surface area (Å²) in [6, 6.07) is 0. The first kappa shape index (κ1) is 14.5. The molecular formula is C14H27N5. The van der Waals surface area contributed by atoms with Crippen molar-refractivity contribution in [3.05, 3.63) is 11.9 Å². The second-order valence-electron chi connectivity index (χ2n) is 6.65. The highest BCUT2D eigenvalue weighted by molar-refractivity contribution is 4.95. The summed E-state index contributed by atoms with van der Waals surface area (Å²) in [6.07, 6.45) is 5.82. The molecule has 0 aliphatic carbocycles. The second-order valence-corrected chi connectivity index (χ2v) is 6.65. The lowest BCUT2D eigenvalue weighted by molar-refractivity contribution is 0.161. The van der Waals surface area contributed by atoms with E-state index in [1.54, 1.807) is 0 Å². The molecule has 1 atom stereocenters.